The molecule has 26 heavy (non-hydrogen) atoms. The third-order valence-electron chi connectivity index (χ3n) is 4.89. The van der Waals surface area contributed by atoms with Crippen LogP contribution >= 0.6 is 15.9 Å². The van der Waals surface area contributed by atoms with Gasteiger partial charge in [-0.25, -0.2) is 0 Å². The third-order valence-corrected chi connectivity index (χ3v) is 5.61. The zero-order chi connectivity index (χ0) is 17.8. The summed E-state index contributed by atoms with van der Waals surface area (Å²) in [6.45, 7) is 5.01. The van der Waals surface area contributed by atoms with Crippen LogP contribution in [0.1, 0.15) is 11.1 Å². The van der Waals surface area contributed by atoms with Gasteiger partial charge in [-0.2, -0.15) is 5.10 Å². The summed E-state index contributed by atoms with van der Waals surface area (Å²) in [4.78, 5) is 2.52. The Morgan fingerprint density at radius 3 is 2.42 bits per heavy atom. The summed E-state index contributed by atoms with van der Waals surface area (Å²) in [6.07, 6.45) is 1.95. The van der Waals surface area contributed by atoms with E-state index in [1.165, 1.54) is 16.3 Å². The van der Waals surface area contributed by atoms with Crippen molar-refractivity contribution in [2.75, 3.05) is 26.2 Å². The highest BCUT2D eigenvalue weighted by atomic mass is 79.9. The molecule has 0 N–H and O–H groups in total. The van der Waals surface area contributed by atoms with Gasteiger partial charge in [0, 0.05) is 42.8 Å². The SMILES string of the molecule is Brc1ccccc1/C=N\N1CCN(Cc2cccc3ccccc23)CC1. The van der Waals surface area contributed by atoms with E-state index in [-0.39, 0.29) is 0 Å². The van der Waals surface area contributed by atoms with Crippen molar-refractivity contribution in [3.63, 3.8) is 0 Å². The molecular formula is C22H22BrN3. The molecule has 0 aliphatic carbocycles. The lowest BCUT2D eigenvalue weighted by molar-refractivity contribution is 0.131. The lowest BCUT2D eigenvalue weighted by atomic mass is 10.0. The molecule has 4 rings (SSSR count). The maximum Gasteiger partial charge on any atom is 0.0554 e. The molecule has 0 bridgehead atoms. The van der Waals surface area contributed by atoms with Gasteiger partial charge in [-0.15, -0.1) is 0 Å². The highest BCUT2D eigenvalue weighted by molar-refractivity contribution is 9.10. The Morgan fingerprint density at radius 2 is 1.58 bits per heavy atom. The number of hydrogen-bond donors (Lipinski definition) is 0. The van der Waals surface area contributed by atoms with Gasteiger partial charge in [0.25, 0.3) is 0 Å². The zero-order valence-electron chi connectivity index (χ0n) is 14.7. The van der Waals surface area contributed by atoms with Crippen LogP contribution in [0.25, 0.3) is 10.8 Å². The zero-order valence-corrected chi connectivity index (χ0v) is 16.3. The topological polar surface area (TPSA) is 18.8 Å². The molecule has 1 fully saturated rings. The van der Waals surface area contributed by atoms with Gasteiger partial charge in [-0.1, -0.05) is 76.6 Å². The van der Waals surface area contributed by atoms with E-state index in [0.29, 0.717) is 0 Å². The lowest BCUT2D eigenvalue weighted by Crippen LogP contribution is -2.43. The minimum absolute atomic E-state index is 0.964. The van der Waals surface area contributed by atoms with Gasteiger partial charge in [-0.3, -0.25) is 9.91 Å². The van der Waals surface area contributed by atoms with Crippen LogP contribution in [0.15, 0.2) is 76.3 Å². The monoisotopic (exact) mass is 407 g/mol. The van der Waals surface area contributed by atoms with Crippen molar-refractivity contribution in [2.45, 2.75) is 6.54 Å². The maximum absolute atomic E-state index is 4.66. The predicted octanol–water partition coefficient (Wildman–Crippen LogP) is 4.75. The normalized spacial score (nSPS) is 15.8. The molecule has 0 atom stereocenters. The van der Waals surface area contributed by atoms with Crippen molar-refractivity contribution < 1.29 is 0 Å². The van der Waals surface area contributed by atoms with Crippen LogP contribution < -0.4 is 0 Å². The second kappa shape index (κ2) is 8.02. The summed E-state index contributed by atoms with van der Waals surface area (Å²) in [7, 11) is 0. The summed E-state index contributed by atoms with van der Waals surface area (Å²) >= 11 is 3.57. The fourth-order valence-electron chi connectivity index (χ4n) is 3.41. The molecule has 0 spiro atoms. The average Bonchev–Trinajstić information content (AvgIpc) is 2.69. The lowest BCUT2D eigenvalue weighted by Gasteiger charge is -2.33. The first kappa shape index (κ1) is 17.3. The predicted molar refractivity (Wildman–Crippen MR) is 113 cm³/mol. The van der Waals surface area contributed by atoms with Crippen LogP contribution in [-0.4, -0.2) is 42.3 Å². The smallest absolute Gasteiger partial charge is 0.0554 e. The molecule has 132 valence electrons. The Kier molecular flexibility index (Phi) is 5.32. The standard InChI is InChI=1S/C22H22BrN3/c23-22-11-4-2-7-19(22)16-24-26-14-12-25(13-15-26)17-20-9-5-8-18-6-1-3-10-21(18)20/h1-11,16H,12-15,17H2/b24-16-. The molecule has 1 aliphatic heterocycles. The van der Waals surface area contributed by atoms with Gasteiger partial charge < -0.3 is 0 Å². The molecule has 1 heterocycles. The van der Waals surface area contributed by atoms with Crippen molar-refractivity contribution >= 4 is 32.9 Å². The molecule has 4 heteroatoms. The molecule has 0 radical (unpaired) electrons. The molecule has 0 aromatic heterocycles. The van der Waals surface area contributed by atoms with Gasteiger partial charge in [-0.05, 0) is 22.4 Å². The van der Waals surface area contributed by atoms with Crippen LogP contribution in [0.3, 0.4) is 0 Å². The van der Waals surface area contributed by atoms with E-state index < -0.39 is 0 Å². The second-order valence-electron chi connectivity index (χ2n) is 6.63. The van der Waals surface area contributed by atoms with E-state index in [2.05, 4.69) is 79.5 Å². The minimum Gasteiger partial charge on any atom is -0.295 e. The van der Waals surface area contributed by atoms with Crippen molar-refractivity contribution in [1.82, 2.24) is 9.91 Å². The van der Waals surface area contributed by atoms with Crippen LogP contribution in [0, 0.1) is 0 Å². The second-order valence-corrected chi connectivity index (χ2v) is 7.49. The first-order valence-corrected chi connectivity index (χ1v) is 9.81. The van der Waals surface area contributed by atoms with Gasteiger partial charge in [0.2, 0.25) is 0 Å². The Balaban J connectivity index is 1.37. The summed E-state index contributed by atoms with van der Waals surface area (Å²) in [5.41, 5.74) is 2.53. The number of piperazine rings is 1. The quantitative estimate of drug-likeness (QED) is 0.580. The van der Waals surface area contributed by atoms with Crippen molar-refractivity contribution in [2.24, 2.45) is 5.10 Å². The summed E-state index contributed by atoms with van der Waals surface area (Å²) in [5, 5.41) is 9.51. The average molecular weight is 408 g/mol. The Morgan fingerprint density at radius 1 is 0.846 bits per heavy atom. The summed E-state index contributed by atoms with van der Waals surface area (Å²) in [5.74, 6) is 0. The molecule has 0 unspecified atom stereocenters. The Hall–Kier alpha value is -2.17. The number of hydrogen-bond acceptors (Lipinski definition) is 3. The minimum atomic E-state index is 0.964. The summed E-state index contributed by atoms with van der Waals surface area (Å²) in [6, 6.07) is 23.4. The molecule has 0 amide bonds. The molecular weight excluding hydrogens is 386 g/mol. The molecule has 3 aromatic carbocycles. The number of benzene rings is 3. The van der Waals surface area contributed by atoms with E-state index in [1.54, 1.807) is 0 Å². The fraction of sp³-hybridized carbons (Fsp3) is 0.227. The van der Waals surface area contributed by atoms with Gasteiger partial charge in [0.05, 0.1) is 6.21 Å². The third kappa shape index (κ3) is 3.97. The van der Waals surface area contributed by atoms with E-state index in [1.807, 2.05) is 24.4 Å². The van der Waals surface area contributed by atoms with Gasteiger partial charge in [0.1, 0.15) is 0 Å². The van der Waals surface area contributed by atoms with E-state index >= 15 is 0 Å². The molecule has 3 aromatic rings. The fourth-order valence-corrected chi connectivity index (χ4v) is 3.79. The number of fused-ring (bicyclic) bond motifs is 1. The summed E-state index contributed by atoms with van der Waals surface area (Å²) < 4.78 is 1.08. The first-order chi connectivity index (χ1) is 12.8. The van der Waals surface area contributed by atoms with Crippen molar-refractivity contribution in [1.29, 1.82) is 0 Å². The van der Waals surface area contributed by atoms with Crippen LogP contribution in [0.2, 0.25) is 0 Å². The Labute approximate surface area is 163 Å². The Bertz CT molecular complexity index is 909. The van der Waals surface area contributed by atoms with Crippen LogP contribution in [0.4, 0.5) is 0 Å². The van der Waals surface area contributed by atoms with Crippen molar-refractivity contribution in [3.8, 4) is 0 Å². The van der Waals surface area contributed by atoms with E-state index in [4.69, 9.17) is 0 Å². The van der Waals surface area contributed by atoms with Crippen molar-refractivity contribution in [3.05, 3.63) is 82.3 Å². The highest BCUT2D eigenvalue weighted by Crippen LogP contribution is 2.20. The maximum atomic E-state index is 4.66. The largest absolute Gasteiger partial charge is 0.295 e. The van der Waals surface area contributed by atoms with Gasteiger partial charge >= 0.3 is 0 Å². The van der Waals surface area contributed by atoms with E-state index in [9.17, 15) is 0 Å². The van der Waals surface area contributed by atoms with Gasteiger partial charge in [0.15, 0.2) is 0 Å². The van der Waals surface area contributed by atoms with E-state index in [0.717, 1.165) is 42.8 Å². The molecule has 0 saturated carbocycles. The number of nitrogens with zero attached hydrogens (tertiary/aromatic N) is 3. The van der Waals surface area contributed by atoms with Crippen LogP contribution in [-0.2, 0) is 6.54 Å². The molecule has 3 nitrogen and oxygen atoms in total. The number of rotatable bonds is 4. The van der Waals surface area contributed by atoms with Crippen LogP contribution in [0.5, 0.6) is 0 Å². The highest BCUT2D eigenvalue weighted by Gasteiger charge is 2.16. The molecule has 1 saturated heterocycles. The molecule has 1 aliphatic rings. The first-order valence-electron chi connectivity index (χ1n) is 9.02. The number of hydrazone groups is 1. The number of halogens is 1.